The molecule has 0 bridgehead atoms. The van der Waals surface area contributed by atoms with E-state index in [2.05, 4.69) is 39.5 Å². The van der Waals surface area contributed by atoms with Crippen LogP contribution in [0.5, 0.6) is 5.75 Å². The Morgan fingerprint density at radius 2 is 1.65 bits per heavy atom. The van der Waals surface area contributed by atoms with Crippen molar-refractivity contribution in [2.24, 2.45) is 0 Å². The predicted molar refractivity (Wildman–Crippen MR) is 84.2 cm³/mol. The fourth-order valence-electron chi connectivity index (χ4n) is 2.59. The molecule has 0 aliphatic heterocycles. The van der Waals surface area contributed by atoms with Gasteiger partial charge in [0.2, 0.25) is 0 Å². The van der Waals surface area contributed by atoms with Gasteiger partial charge in [-0.05, 0) is 51.1 Å². The molecule has 0 heterocycles. The molecule has 3 nitrogen and oxygen atoms in total. The highest BCUT2D eigenvalue weighted by Gasteiger charge is 2.33. The largest absolute Gasteiger partial charge is 0.494 e. The maximum atomic E-state index is 10.7. The first-order chi connectivity index (χ1) is 9.47. The molecule has 0 aliphatic carbocycles. The van der Waals surface area contributed by atoms with Crippen LogP contribution in [0.15, 0.2) is 24.3 Å². The standard InChI is InChI=1S/C17H29NO2/c1-6-13-20-15-11-9-14(10-12-15)16(19)17(4,5)18(7-2)8-3/h9-12,16,19H,6-8,13H2,1-5H3. The summed E-state index contributed by atoms with van der Waals surface area (Å²) in [7, 11) is 0. The van der Waals surface area contributed by atoms with Gasteiger partial charge in [-0.15, -0.1) is 0 Å². The Morgan fingerprint density at radius 3 is 2.10 bits per heavy atom. The van der Waals surface area contributed by atoms with E-state index in [4.69, 9.17) is 4.74 Å². The van der Waals surface area contributed by atoms with E-state index in [1.807, 2.05) is 24.3 Å². The van der Waals surface area contributed by atoms with Crippen molar-refractivity contribution in [1.29, 1.82) is 0 Å². The van der Waals surface area contributed by atoms with Crippen LogP contribution < -0.4 is 4.74 Å². The van der Waals surface area contributed by atoms with Crippen LogP contribution in [-0.4, -0.2) is 35.2 Å². The van der Waals surface area contributed by atoms with Gasteiger partial charge in [-0.3, -0.25) is 4.90 Å². The van der Waals surface area contributed by atoms with Crippen LogP contribution in [0.25, 0.3) is 0 Å². The summed E-state index contributed by atoms with van der Waals surface area (Å²) in [6.07, 6.45) is 0.488. The Morgan fingerprint density at radius 1 is 1.10 bits per heavy atom. The van der Waals surface area contributed by atoms with Crippen LogP contribution in [-0.2, 0) is 0 Å². The van der Waals surface area contributed by atoms with Crippen LogP contribution in [0, 0.1) is 0 Å². The highest BCUT2D eigenvalue weighted by Crippen LogP contribution is 2.31. The highest BCUT2D eigenvalue weighted by atomic mass is 16.5. The minimum Gasteiger partial charge on any atom is -0.494 e. The average molecular weight is 279 g/mol. The van der Waals surface area contributed by atoms with Gasteiger partial charge in [0.1, 0.15) is 5.75 Å². The third kappa shape index (κ3) is 3.97. The zero-order valence-corrected chi connectivity index (χ0v) is 13.5. The third-order valence-electron chi connectivity index (χ3n) is 3.92. The van der Waals surface area contributed by atoms with Gasteiger partial charge in [0.05, 0.1) is 12.7 Å². The van der Waals surface area contributed by atoms with Crippen LogP contribution in [0.4, 0.5) is 0 Å². The molecular weight excluding hydrogens is 250 g/mol. The Kier molecular flexibility index (Phi) is 6.50. The van der Waals surface area contributed by atoms with Crippen molar-refractivity contribution in [1.82, 2.24) is 4.90 Å². The van der Waals surface area contributed by atoms with Crippen LogP contribution in [0.2, 0.25) is 0 Å². The number of aliphatic hydroxyl groups is 1. The molecule has 1 unspecified atom stereocenters. The second-order valence-corrected chi connectivity index (χ2v) is 5.65. The molecular formula is C17H29NO2. The van der Waals surface area contributed by atoms with Gasteiger partial charge >= 0.3 is 0 Å². The fourth-order valence-corrected chi connectivity index (χ4v) is 2.59. The van der Waals surface area contributed by atoms with Crippen molar-refractivity contribution < 1.29 is 9.84 Å². The monoisotopic (exact) mass is 279 g/mol. The van der Waals surface area contributed by atoms with E-state index >= 15 is 0 Å². The van der Waals surface area contributed by atoms with E-state index in [0.717, 1.165) is 37.4 Å². The lowest BCUT2D eigenvalue weighted by atomic mass is 9.89. The zero-order chi connectivity index (χ0) is 15.2. The van der Waals surface area contributed by atoms with E-state index < -0.39 is 6.10 Å². The fraction of sp³-hybridized carbons (Fsp3) is 0.647. The molecule has 0 amide bonds. The van der Waals surface area contributed by atoms with E-state index in [9.17, 15) is 5.11 Å². The van der Waals surface area contributed by atoms with E-state index in [1.54, 1.807) is 0 Å². The van der Waals surface area contributed by atoms with Crippen molar-refractivity contribution in [3.05, 3.63) is 29.8 Å². The van der Waals surface area contributed by atoms with Crippen molar-refractivity contribution in [2.75, 3.05) is 19.7 Å². The number of likely N-dealkylation sites (N-methyl/N-ethyl adjacent to an activating group) is 1. The second-order valence-electron chi connectivity index (χ2n) is 5.65. The molecule has 0 saturated carbocycles. The summed E-state index contributed by atoms with van der Waals surface area (Å²) in [6.45, 7) is 13.1. The lowest BCUT2D eigenvalue weighted by Gasteiger charge is -2.41. The molecule has 1 atom stereocenters. The minimum absolute atomic E-state index is 0.282. The van der Waals surface area contributed by atoms with Crippen molar-refractivity contribution >= 4 is 0 Å². The number of hydrogen-bond acceptors (Lipinski definition) is 3. The van der Waals surface area contributed by atoms with Crippen molar-refractivity contribution in [2.45, 2.75) is 52.7 Å². The summed E-state index contributed by atoms with van der Waals surface area (Å²) < 4.78 is 5.57. The topological polar surface area (TPSA) is 32.7 Å². The second kappa shape index (κ2) is 7.65. The van der Waals surface area contributed by atoms with E-state index in [0.29, 0.717) is 0 Å². The molecule has 20 heavy (non-hydrogen) atoms. The summed E-state index contributed by atoms with van der Waals surface area (Å²) in [6, 6.07) is 7.79. The molecule has 1 aromatic carbocycles. The molecule has 0 spiro atoms. The third-order valence-corrected chi connectivity index (χ3v) is 3.92. The van der Waals surface area contributed by atoms with Crippen LogP contribution in [0.1, 0.15) is 52.7 Å². The number of rotatable bonds is 8. The Balaban J connectivity index is 2.83. The Labute approximate surface area is 123 Å². The molecule has 0 aromatic heterocycles. The van der Waals surface area contributed by atoms with Gasteiger partial charge < -0.3 is 9.84 Å². The normalized spacial score (nSPS) is 13.6. The molecule has 1 rings (SSSR count). The molecule has 114 valence electrons. The van der Waals surface area contributed by atoms with E-state index in [-0.39, 0.29) is 5.54 Å². The first-order valence-electron chi connectivity index (χ1n) is 7.63. The summed E-state index contributed by atoms with van der Waals surface area (Å²) in [4.78, 5) is 2.28. The predicted octanol–water partition coefficient (Wildman–Crippen LogP) is 3.63. The zero-order valence-electron chi connectivity index (χ0n) is 13.5. The summed E-state index contributed by atoms with van der Waals surface area (Å²) in [5, 5.41) is 10.7. The van der Waals surface area contributed by atoms with Crippen molar-refractivity contribution in [3.63, 3.8) is 0 Å². The molecule has 0 aliphatic rings. The Hall–Kier alpha value is -1.06. The average Bonchev–Trinajstić information content (AvgIpc) is 2.46. The maximum Gasteiger partial charge on any atom is 0.119 e. The van der Waals surface area contributed by atoms with Gasteiger partial charge in [0.15, 0.2) is 0 Å². The quantitative estimate of drug-likeness (QED) is 0.788. The Bertz CT molecular complexity index is 382. The number of nitrogens with zero attached hydrogens (tertiary/aromatic N) is 1. The SMILES string of the molecule is CCCOc1ccc(C(O)C(C)(C)N(CC)CC)cc1. The molecule has 0 saturated heterocycles. The van der Waals surface area contributed by atoms with Gasteiger partial charge in [0.25, 0.3) is 0 Å². The summed E-state index contributed by atoms with van der Waals surface area (Å²) in [5.41, 5.74) is 0.653. The molecule has 1 aromatic rings. The first-order valence-corrected chi connectivity index (χ1v) is 7.63. The van der Waals surface area contributed by atoms with Crippen LogP contribution in [0.3, 0.4) is 0 Å². The van der Waals surface area contributed by atoms with Gasteiger partial charge in [-0.2, -0.15) is 0 Å². The lowest BCUT2D eigenvalue weighted by Crippen LogP contribution is -2.48. The van der Waals surface area contributed by atoms with Crippen LogP contribution >= 0.6 is 0 Å². The molecule has 3 heteroatoms. The van der Waals surface area contributed by atoms with Gasteiger partial charge in [0, 0.05) is 5.54 Å². The maximum absolute atomic E-state index is 10.7. The molecule has 1 N–H and O–H groups in total. The summed E-state index contributed by atoms with van der Waals surface area (Å²) >= 11 is 0. The highest BCUT2D eigenvalue weighted by molar-refractivity contribution is 5.30. The number of aliphatic hydroxyl groups excluding tert-OH is 1. The summed E-state index contributed by atoms with van der Waals surface area (Å²) in [5.74, 6) is 0.864. The molecule has 0 radical (unpaired) electrons. The lowest BCUT2D eigenvalue weighted by molar-refractivity contribution is -0.00628. The number of ether oxygens (including phenoxy) is 1. The van der Waals surface area contributed by atoms with E-state index in [1.165, 1.54) is 0 Å². The number of benzene rings is 1. The first kappa shape index (κ1) is 17.0. The number of hydrogen-bond donors (Lipinski definition) is 1. The van der Waals surface area contributed by atoms with Gasteiger partial charge in [-0.25, -0.2) is 0 Å². The minimum atomic E-state index is -0.511. The van der Waals surface area contributed by atoms with Gasteiger partial charge in [-0.1, -0.05) is 32.9 Å². The molecule has 0 fully saturated rings. The smallest absolute Gasteiger partial charge is 0.119 e. The van der Waals surface area contributed by atoms with Crippen molar-refractivity contribution in [3.8, 4) is 5.75 Å².